The van der Waals surface area contributed by atoms with Crippen molar-refractivity contribution in [3.63, 3.8) is 0 Å². The lowest BCUT2D eigenvalue weighted by atomic mass is 9.85. The lowest BCUT2D eigenvalue weighted by molar-refractivity contribution is 1.64. The van der Waals surface area contributed by atoms with Gasteiger partial charge >= 0.3 is 0 Å². The van der Waals surface area contributed by atoms with Crippen LogP contribution in [-0.4, -0.2) is 0 Å². The first kappa shape index (κ1) is 26.5. The van der Waals surface area contributed by atoms with Crippen LogP contribution in [0.2, 0.25) is 0 Å². The first-order valence-electron chi connectivity index (χ1n) is 17.5. The van der Waals surface area contributed by atoms with Crippen LogP contribution in [0.4, 0.5) is 0 Å². The molecule has 0 saturated heterocycles. The van der Waals surface area contributed by atoms with E-state index < -0.39 is 0 Å². The van der Waals surface area contributed by atoms with Gasteiger partial charge in [0.1, 0.15) is 0 Å². The third-order valence-electron chi connectivity index (χ3n) is 11.5. The molecule has 0 saturated carbocycles. The summed E-state index contributed by atoms with van der Waals surface area (Å²) in [5.41, 5.74) is 5.02. The molecular formula is C50H28. The van der Waals surface area contributed by atoms with Crippen LogP contribution in [0.3, 0.4) is 0 Å². The van der Waals surface area contributed by atoms with Gasteiger partial charge in [-0.3, -0.25) is 0 Å². The molecule has 228 valence electrons. The van der Waals surface area contributed by atoms with Crippen molar-refractivity contribution in [2.24, 2.45) is 0 Å². The molecule has 12 aromatic rings. The minimum absolute atomic E-state index is 1.24. The van der Waals surface area contributed by atoms with Gasteiger partial charge in [-0.15, -0.1) is 0 Å². The van der Waals surface area contributed by atoms with Gasteiger partial charge in [0, 0.05) is 0 Å². The van der Waals surface area contributed by atoms with Gasteiger partial charge in [0.05, 0.1) is 0 Å². The van der Waals surface area contributed by atoms with E-state index in [1.165, 1.54) is 119 Å². The third kappa shape index (κ3) is 3.40. The van der Waals surface area contributed by atoms with Crippen molar-refractivity contribution < 1.29 is 0 Å². The second kappa shape index (κ2) is 9.56. The molecule has 0 atom stereocenters. The van der Waals surface area contributed by atoms with Crippen LogP contribution in [-0.2, 0) is 0 Å². The third-order valence-corrected chi connectivity index (χ3v) is 11.5. The minimum Gasteiger partial charge on any atom is -0.0610 e. The number of hydrogen-bond acceptors (Lipinski definition) is 0. The van der Waals surface area contributed by atoms with Crippen LogP contribution < -0.4 is 0 Å². The monoisotopic (exact) mass is 628 g/mol. The fraction of sp³-hybridized carbons (Fsp3) is 0. The smallest absolute Gasteiger partial charge is 0.00141 e. The highest BCUT2D eigenvalue weighted by molar-refractivity contribution is 6.38. The zero-order valence-electron chi connectivity index (χ0n) is 27.2. The predicted molar refractivity (Wildman–Crippen MR) is 217 cm³/mol. The first-order valence-corrected chi connectivity index (χ1v) is 17.5. The van der Waals surface area contributed by atoms with Gasteiger partial charge in [-0.05, 0) is 131 Å². The molecule has 0 spiro atoms. The van der Waals surface area contributed by atoms with Gasteiger partial charge in [-0.2, -0.15) is 0 Å². The molecule has 50 heavy (non-hydrogen) atoms. The average molecular weight is 629 g/mol. The van der Waals surface area contributed by atoms with Crippen LogP contribution >= 0.6 is 0 Å². The number of benzene rings is 11. The Labute approximate surface area is 288 Å². The molecule has 0 aromatic heterocycles. The quantitative estimate of drug-likeness (QED) is 0.167. The Morgan fingerprint density at radius 3 is 1.24 bits per heavy atom. The second-order valence-corrected chi connectivity index (χ2v) is 14.0. The van der Waals surface area contributed by atoms with Crippen LogP contribution in [0.15, 0.2) is 170 Å². The van der Waals surface area contributed by atoms with E-state index in [9.17, 15) is 0 Å². The van der Waals surface area contributed by atoms with E-state index in [2.05, 4.69) is 170 Å². The minimum atomic E-state index is 1.24. The number of rotatable bonds is 2. The Balaban J connectivity index is 1.19. The highest BCUT2D eigenvalue weighted by atomic mass is 14.2. The molecule has 0 aliphatic heterocycles. The Kier molecular flexibility index (Phi) is 5.06. The first-order chi connectivity index (χ1) is 24.8. The van der Waals surface area contributed by atoms with E-state index in [1.807, 2.05) is 0 Å². The summed E-state index contributed by atoms with van der Waals surface area (Å²) < 4.78 is 0. The van der Waals surface area contributed by atoms with Crippen molar-refractivity contribution in [3.05, 3.63) is 170 Å². The number of hydrogen-bond donors (Lipinski definition) is 0. The normalized spacial score (nSPS) is 12.4. The van der Waals surface area contributed by atoms with Crippen molar-refractivity contribution >= 4 is 97.0 Å². The zero-order valence-corrected chi connectivity index (χ0v) is 27.2. The molecular weight excluding hydrogens is 601 g/mol. The zero-order chi connectivity index (χ0) is 32.5. The molecule has 12 rings (SSSR count). The average Bonchev–Trinajstić information content (AvgIpc) is 3.18. The highest BCUT2D eigenvalue weighted by Gasteiger charge is 2.18. The summed E-state index contributed by atoms with van der Waals surface area (Å²) in [4.78, 5) is 0. The Morgan fingerprint density at radius 2 is 0.580 bits per heavy atom. The summed E-state index contributed by atoms with van der Waals surface area (Å²) >= 11 is 0. The van der Waals surface area contributed by atoms with Gasteiger partial charge < -0.3 is 0 Å². The Bertz CT molecular complexity index is 3350. The van der Waals surface area contributed by atoms with E-state index in [0.717, 1.165) is 0 Å². The van der Waals surface area contributed by atoms with Gasteiger partial charge in [-0.25, -0.2) is 0 Å². The maximum Gasteiger partial charge on any atom is -0.00141 e. The summed E-state index contributed by atoms with van der Waals surface area (Å²) in [6, 6.07) is 64.0. The summed E-state index contributed by atoms with van der Waals surface area (Å²) in [6.07, 6.45) is 0. The van der Waals surface area contributed by atoms with Crippen molar-refractivity contribution in [3.8, 4) is 22.3 Å². The standard InChI is InChI=1S/C50H28/c1-7-29-19-22-33-23-25-37(43-26-24-30(8-1)45(29)46(33)43)34-11-2-12-35(27-34)44-28-36-13-5-16-39-38-14-3-9-31-20-21-32-10-4-15-40(48(32)47(31)38)41-17-6-18-42(44)50(41)49(36)39/h1-28H. The van der Waals surface area contributed by atoms with Crippen molar-refractivity contribution in [1.82, 2.24) is 0 Å². The predicted octanol–water partition coefficient (Wildman–Crippen LogP) is 14.3. The van der Waals surface area contributed by atoms with E-state index in [4.69, 9.17) is 0 Å². The molecule has 0 bridgehead atoms. The molecule has 0 heterocycles. The van der Waals surface area contributed by atoms with Crippen LogP contribution in [0.25, 0.3) is 119 Å². The fourth-order valence-corrected chi connectivity index (χ4v) is 9.38. The maximum absolute atomic E-state index is 2.43. The van der Waals surface area contributed by atoms with Gasteiger partial charge in [0.2, 0.25) is 0 Å². The summed E-state index contributed by atoms with van der Waals surface area (Å²) in [7, 11) is 0. The van der Waals surface area contributed by atoms with E-state index >= 15 is 0 Å². The molecule has 12 aromatic carbocycles. The Morgan fingerprint density at radius 1 is 0.200 bits per heavy atom. The molecule has 0 aliphatic rings. The van der Waals surface area contributed by atoms with Crippen LogP contribution in [0, 0.1) is 0 Å². The summed E-state index contributed by atoms with van der Waals surface area (Å²) in [5, 5.41) is 23.6. The van der Waals surface area contributed by atoms with Crippen LogP contribution in [0.1, 0.15) is 0 Å². The van der Waals surface area contributed by atoms with E-state index in [0.29, 0.717) is 0 Å². The molecule has 0 fully saturated rings. The van der Waals surface area contributed by atoms with E-state index in [-0.39, 0.29) is 0 Å². The van der Waals surface area contributed by atoms with Gasteiger partial charge in [0.15, 0.2) is 0 Å². The van der Waals surface area contributed by atoms with Gasteiger partial charge in [0.25, 0.3) is 0 Å². The molecule has 0 radical (unpaired) electrons. The lowest BCUT2D eigenvalue weighted by Crippen LogP contribution is -1.91. The van der Waals surface area contributed by atoms with Gasteiger partial charge in [-0.1, -0.05) is 158 Å². The summed E-state index contributed by atoms with van der Waals surface area (Å²) in [6.45, 7) is 0. The van der Waals surface area contributed by atoms with Crippen LogP contribution in [0.5, 0.6) is 0 Å². The molecule has 0 N–H and O–H groups in total. The Hall–Kier alpha value is -6.50. The topological polar surface area (TPSA) is 0 Å². The largest absolute Gasteiger partial charge is 0.0610 e. The van der Waals surface area contributed by atoms with Crippen molar-refractivity contribution in [1.29, 1.82) is 0 Å². The molecule has 0 amide bonds. The molecule has 0 nitrogen and oxygen atoms in total. The highest BCUT2D eigenvalue weighted by Crippen LogP contribution is 2.46. The lowest BCUT2D eigenvalue weighted by Gasteiger charge is -2.18. The molecule has 0 aliphatic carbocycles. The number of fused-ring (bicyclic) bond motifs is 2. The summed E-state index contributed by atoms with van der Waals surface area (Å²) in [5.74, 6) is 0. The molecule has 0 heteroatoms. The second-order valence-electron chi connectivity index (χ2n) is 14.0. The fourth-order valence-electron chi connectivity index (χ4n) is 9.38. The van der Waals surface area contributed by atoms with Crippen molar-refractivity contribution in [2.75, 3.05) is 0 Å². The molecule has 0 unspecified atom stereocenters. The van der Waals surface area contributed by atoms with Crippen molar-refractivity contribution in [2.45, 2.75) is 0 Å². The van der Waals surface area contributed by atoms with E-state index in [1.54, 1.807) is 0 Å². The maximum atomic E-state index is 2.43. The SMILES string of the molecule is c1cc(-c2ccc3ccc4cccc5ccc2c3c45)cc(-c2cc3cccc4c5cccc6ccc7cccc(c8cccc2c8c34)c7c65)c1.